The Morgan fingerprint density at radius 3 is 2.54 bits per heavy atom. The van der Waals surface area contributed by atoms with Crippen LogP contribution in [0.25, 0.3) is 22.0 Å². The number of pyridine rings is 1. The Morgan fingerprint density at radius 1 is 1.11 bits per heavy atom. The second-order valence-corrected chi connectivity index (χ2v) is 7.96. The van der Waals surface area contributed by atoms with Crippen molar-refractivity contribution in [1.82, 2.24) is 4.98 Å². The molecule has 4 nitrogen and oxygen atoms in total. The van der Waals surface area contributed by atoms with Gasteiger partial charge in [0, 0.05) is 16.5 Å². The van der Waals surface area contributed by atoms with E-state index >= 15 is 0 Å². The van der Waals surface area contributed by atoms with Crippen molar-refractivity contribution in [2.75, 3.05) is 6.61 Å². The van der Waals surface area contributed by atoms with Crippen LogP contribution < -0.4 is 4.74 Å². The molecule has 0 radical (unpaired) electrons. The molecule has 0 amide bonds. The van der Waals surface area contributed by atoms with Crippen LogP contribution in [0.3, 0.4) is 0 Å². The molecule has 3 rings (SSSR count). The van der Waals surface area contributed by atoms with Crippen LogP contribution in [0.2, 0.25) is 5.02 Å². The summed E-state index contributed by atoms with van der Waals surface area (Å²) in [5.74, 6) is -0.196. The maximum absolute atomic E-state index is 11.2. The zero-order chi connectivity index (χ0) is 20.1. The van der Waals surface area contributed by atoms with Crippen molar-refractivity contribution in [3.63, 3.8) is 0 Å². The zero-order valence-electron chi connectivity index (χ0n) is 16.1. The van der Waals surface area contributed by atoms with E-state index in [1.165, 1.54) is 0 Å². The molecule has 1 aromatic heterocycles. The van der Waals surface area contributed by atoms with E-state index in [9.17, 15) is 9.90 Å². The molecule has 0 fully saturated rings. The molecule has 146 valence electrons. The van der Waals surface area contributed by atoms with Gasteiger partial charge in [-0.25, -0.2) is 4.98 Å². The number of aliphatic carboxylic acids is 1. The lowest BCUT2D eigenvalue weighted by Crippen LogP contribution is -2.23. The number of ether oxygens (including phenoxy) is 1. The molecule has 28 heavy (non-hydrogen) atoms. The fraction of sp³-hybridized carbons (Fsp3) is 0.304. The molecular formula is C23H24ClNO3. The van der Waals surface area contributed by atoms with E-state index in [2.05, 4.69) is 4.98 Å². The number of rotatable bonds is 8. The molecule has 0 saturated heterocycles. The summed E-state index contributed by atoms with van der Waals surface area (Å²) in [4.78, 5) is 15.8. The van der Waals surface area contributed by atoms with Gasteiger partial charge in [-0.1, -0.05) is 41.9 Å². The van der Waals surface area contributed by atoms with E-state index in [1.54, 1.807) is 13.8 Å². The fourth-order valence-corrected chi connectivity index (χ4v) is 3.17. The normalized spacial score (nSPS) is 11.5. The Balaban J connectivity index is 1.74. The fourth-order valence-electron chi connectivity index (χ4n) is 3.05. The average Bonchev–Trinajstić information content (AvgIpc) is 2.67. The van der Waals surface area contributed by atoms with E-state index in [0.29, 0.717) is 23.9 Å². The maximum atomic E-state index is 11.2. The topological polar surface area (TPSA) is 59.4 Å². The van der Waals surface area contributed by atoms with Gasteiger partial charge >= 0.3 is 5.97 Å². The van der Waals surface area contributed by atoms with Gasteiger partial charge in [-0.3, -0.25) is 4.79 Å². The average molecular weight is 398 g/mol. The highest BCUT2D eigenvalue weighted by molar-refractivity contribution is 6.30. The smallest absolute Gasteiger partial charge is 0.309 e. The van der Waals surface area contributed by atoms with Crippen LogP contribution in [0.1, 0.15) is 33.1 Å². The zero-order valence-corrected chi connectivity index (χ0v) is 16.9. The maximum Gasteiger partial charge on any atom is 0.309 e. The lowest BCUT2D eigenvalue weighted by molar-refractivity contribution is -0.147. The number of carboxylic acid groups (broad SMARTS) is 1. The molecule has 2 aromatic carbocycles. The van der Waals surface area contributed by atoms with E-state index in [4.69, 9.17) is 16.3 Å². The number of carbonyl (C=O) groups is 1. The Bertz CT molecular complexity index is 967. The van der Waals surface area contributed by atoms with Crippen LogP contribution >= 0.6 is 11.6 Å². The quantitative estimate of drug-likeness (QED) is 0.458. The van der Waals surface area contributed by atoms with Crippen LogP contribution in [0.5, 0.6) is 5.88 Å². The van der Waals surface area contributed by atoms with Crippen molar-refractivity contribution < 1.29 is 14.6 Å². The van der Waals surface area contributed by atoms with Crippen molar-refractivity contribution in [2.45, 2.75) is 33.1 Å². The Morgan fingerprint density at radius 2 is 1.82 bits per heavy atom. The Labute approximate surface area is 170 Å². The summed E-state index contributed by atoms with van der Waals surface area (Å²) in [7, 11) is 0. The molecule has 0 bridgehead atoms. The number of carboxylic acids is 1. The van der Waals surface area contributed by atoms with Gasteiger partial charge in [-0.05, 0) is 62.4 Å². The first-order chi connectivity index (χ1) is 13.4. The summed E-state index contributed by atoms with van der Waals surface area (Å²) in [5.41, 5.74) is 2.26. The molecule has 0 aliphatic rings. The summed E-state index contributed by atoms with van der Waals surface area (Å²) >= 11 is 6.02. The van der Waals surface area contributed by atoms with Gasteiger partial charge in [-0.2, -0.15) is 0 Å². The summed E-state index contributed by atoms with van der Waals surface area (Å²) in [6.45, 7) is 4.00. The second kappa shape index (κ2) is 8.61. The first-order valence-corrected chi connectivity index (χ1v) is 9.76. The van der Waals surface area contributed by atoms with Crippen molar-refractivity contribution in [3.05, 3.63) is 59.6 Å². The minimum atomic E-state index is -0.766. The highest BCUT2D eigenvalue weighted by Gasteiger charge is 2.26. The first kappa shape index (κ1) is 20.2. The van der Waals surface area contributed by atoms with E-state index < -0.39 is 11.4 Å². The van der Waals surface area contributed by atoms with Crippen LogP contribution in [0.15, 0.2) is 54.6 Å². The molecule has 3 aromatic rings. The van der Waals surface area contributed by atoms with Gasteiger partial charge in [0.15, 0.2) is 0 Å². The number of hydrogen-bond acceptors (Lipinski definition) is 3. The van der Waals surface area contributed by atoms with Gasteiger partial charge in [0.1, 0.15) is 0 Å². The number of benzene rings is 2. The second-order valence-electron chi connectivity index (χ2n) is 7.53. The molecule has 0 unspecified atom stereocenters. The van der Waals surface area contributed by atoms with Gasteiger partial charge < -0.3 is 9.84 Å². The lowest BCUT2D eigenvalue weighted by Gasteiger charge is -2.18. The number of aromatic nitrogens is 1. The van der Waals surface area contributed by atoms with Crippen molar-refractivity contribution >= 4 is 28.5 Å². The van der Waals surface area contributed by atoms with E-state index in [-0.39, 0.29) is 0 Å². The highest BCUT2D eigenvalue weighted by Crippen LogP contribution is 2.32. The van der Waals surface area contributed by atoms with Crippen LogP contribution in [-0.2, 0) is 4.79 Å². The third-order valence-corrected chi connectivity index (χ3v) is 5.12. The first-order valence-electron chi connectivity index (χ1n) is 9.39. The molecule has 0 atom stereocenters. The molecule has 0 aliphatic heterocycles. The molecular weight excluding hydrogens is 374 g/mol. The monoisotopic (exact) mass is 397 g/mol. The predicted molar refractivity (Wildman–Crippen MR) is 113 cm³/mol. The Hall–Kier alpha value is -2.59. The third kappa shape index (κ3) is 4.82. The van der Waals surface area contributed by atoms with Gasteiger partial charge in [-0.15, -0.1) is 0 Å². The SMILES string of the molecule is CC(C)(CCCCOc1cc(-c2ccc(Cl)cc2)c2ccccc2n1)C(=O)O. The molecule has 0 spiro atoms. The molecule has 5 heteroatoms. The predicted octanol–water partition coefficient (Wildman–Crippen LogP) is 6.22. The summed E-state index contributed by atoms with van der Waals surface area (Å²) < 4.78 is 5.89. The molecule has 0 saturated carbocycles. The lowest BCUT2D eigenvalue weighted by atomic mass is 9.87. The summed E-state index contributed by atoms with van der Waals surface area (Å²) in [5, 5.41) is 10.9. The molecule has 1 N–H and O–H groups in total. The molecule has 0 aliphatic carbocycles. The minimum Gasteiger partial charge on any atom is -0.481 e. The summed E-state index contributed by atoms with van der Waals surface area (Å²) in [6.07, 6.45) is 2.19. The Kier molecular flexibility index (Phi) is 6.20. The van der Waals surface area contributed by atoms with Crippen molar-refractivity contribution in [2.24, 2.45) is 5.41 Å². The van der Waals surface area contributed by atoms with Crippen LogP contribution in [0, 0.1) is 5.41 Å². The largest absolute Gasteiger partial charge is 0.481 e. The number of unbranched alkanes of at least 4 members (excludes halogenated alkanes) is 1. The number of nitrogens with zero attached hydrogens (tertiary/aromatic N) is 1. The van der Waals surface area contributed by atoms with Gasteiger partial charge in [0.05, 0.1) is 17.5 Å². The van der Waals surface area contributed by atoms with E-state index in [1.807, 2.05) is 54.6 Å². The van der Waals surface area contributed by atoms with Crippen LogP contribution in [0.4, 0.5) is 0 Å². The highest BCUT2D eigenvalue weighted by atomic mass is 35.5. The van der Waals surface area contributed by atoms with Crippen molar-refractivity contribution in [3.8, 4) is 17.0 Å². The van der Waals surface area contributed by atoms with E-state index in [0.717, 1.165) is 34.9 Å². The standard InChI is InChI=1S/C23H24ClNO3/c1-23(2,22(26)27)13-5-6-14-28-21-15-19(16-9-11-17(24)12-10-16)18-7-3-4-8-20(18)25-21/h3-4,7-12,15H,5-6,13-14H2,1-2H3,(H,26,27). The van der Waals surface area contributed by atoms with Gasteiger partial charge in [0.25, 0.3) is 0 Å². The number of fused-ring (bicyclic) bond motifs is 1. The third-order valence-electron chi connectivity index (χ3n) is 4.87. The van der Waals surface area contributed by atoms with Crippen LogP contribution in [-0.4, -0.2) is 22.7 Å². The number of halogens is 1. The molecule has 1 heterocycles. The number of para-hydroxylation sites is 1. The minimum absolute atomic E-state index is 0.501. The summed E-state index contributed by atoms with van der Waals surface area (Å²) in [6, 6.07) is 17.6. The van der Waals surface area contributed by atoms with Gasteiger partial charge in [0.2, 0.25) is 5.88 Å². The number of hydrogen-bond donors (Lipinski definition) is 1. The van der Waals surface area contributed by atoms with Crippen molar-refractivity contribution in [1.29, 1.82) is 0 Å².